The monoisotopic (exact) mass is 1600 g/mol. The van der Waals surface area contributed by atoms with E-state index in [-0.39, 0.29) is 19.3 Å². The fourth-order valence-corrected chi connectivity index (χ4v) is 22.2. The molecule has 0 radical (unpaired) electrons. The molecule has 5 unspecified atom stereocenters. The molecule has 32 heteroatoms. The first kappa shape index (κ1) is 78.6. The number of halogens is 3. The van der Waals surface area contributed by atoms with Gasteiger partial charge >= 0.3 is 6.18 Å². The molecular weight excluding hydrogens is 1490 g/mol. The Bertz CT molecular complexity index is 5080. The van der Waals surface area contributed by atoms with Crippen LogP contribution in [0.2, 0.25) is 0 Å². The average Bonchev–Trinajstić information content (AvgIpc) is 1.64. The number of aliphatic hydroxyl groups excluding tert-OH is 2. The van der Waals surface area contributed by atoms with Crippen LogP contribution in [0.25, 0.3) is 55.2 Å². The van der Waals surface area contributed by atoms with Crippen LogP contribution < -0.4 is 39.5 Å². The van der Waals surface area contributed by atoms with Crippen molar-refractivity contribution in [2.24, 2.45) is 65.1 Å². The predicted molar refractivity (Wildman–Crippen MR) is 449 cm³/mol. The lowest BCUT2D eigenvalue weighted by Gasteiger charge is -2.29. The molecule has 622 valence electrons. The van der Waals surface area contributed by atoms with Crippen molar-refractivity contribution in [1.29, 1.82) is 0 Å². The number of methoxy groups -OCH3 is 1. The first-order chi connectivity index (χ1) is 56.9. The Balaban J connectivity index is 0.000000101. The summed E-state index contributed by atoms with van der Waals surface area (Å²) in [6, 6.07) is 18.7. The van der Waals surface area contributed by atoms with Crippen molar-refractivity contribution < 1.29 is 28.1 Å². The average molecular weight is 1600 g/mol. The number of aliphatic hydroxyl groups is 2. The lowest BCUT2D eigenvalue weighted by atomic mass is 10.0. The van der Waals surface area contributed by atoms with Crippen molar-refractivity contribution in [3.8, 4) is 5.88 Å². The standard InChI is InChI=1S/C20H24N6O.C18H25N5.C17H25N5O2.C16H20F3N5.C14H19N5/c1-25(20-16-6-7-21-19(16)22-12-23-20)15-8-13-10-26(11-14(13)9-15)17-4-3-5-18(24-17)27-2;1-22(18-16-4-5-19-17(16)20-11-21-18)15-6-13-9-23(8-12-2-3-12)10-14(13)7-15;1-21(17-15-2-3-18-16(15)19-10-20-17)13-4-11-6-22(7-12(11)5-13)14(8-23)9-24;1-23(15-13-2-3-20-14(13)21-9-22-15)12-4-10-6-24(7-11(10)5-12)8-16(17,18)19;1-19(11-4-9-6-15-7-10(9)5-11)14-12-2-3-16-13(12)17-8-18-14/h3-7,12-15H,8-11H2,1-2H3,(H,21,22,23);4-5,11-15H,2-3,6-10H2,1H3,(H,19,20,21);2-3,10-14,23-24H,4-9H2,1H3,(H,18,19,20);2-3,9-12H,4-8H2,1H3,(H,20,21,22);2-3,8-11,15H,4-7H2,1H3,(H,16,17,18)/t2*13-,14+,15?;11-,12+,13?;10-,11+,12?;9-,10+,11?. The maximum absolute atomic E-state index is 12.6. The molecule has 0 aromatic carbocycles. The molecule has 0 bridgehead atoms. The number of nitrogens with zero attached hydrogens (tertiary/aromatic N) is 20. The summed E-state index contributed by atoms with van der Waals surface area (Å²) in [5.74, 6) is 14.7. The van der Waals surface area contributed by atoms with E-state index in [1.165, 1.54) is 84.1 Å². The van der Waals surface area contributed by atoms with Crippen molar-refractivity contribution >= 4 is 90.1 Å². The molecule has 11 aromatic heterocycles. The first-order valence-corrected chi connectivity index (χ1v) is 42.4. The van der Waals surface area contributed by atoms with Crippen LogP contribution in [0.4, 0.5) is 48.1 Å². The number of alkyl halides is 3. The van der Waals surface area contributed by atoms with Gasteiger partial charge in [0.1, 0.15) is 94.8 Å². The summed E-state index contributed by atoms with van der Waals surface area (Å²) in [7, 11) is 12.4. The Morgan fingerprint density at radius 1 is 0.419 bits per heavy atom. The molecule has 5 saturated heterocycles. The zero-order valence-corrected chi connectivity index (χ0v) is 68.0. The molecular formula is C85H113F3N26O3. The van der Waals surface area contributed by atoms with Gasteiger partial charge < -0.3 is 79.5 Å². The maximum Gasteiger partial charge on any atom is 0.401 e. The van der Waals surface area contributed by atoms with E-state index >= 15 is 0 Å². The van der Waals surface area contributed by atoms with Gasteiger partial charge in [-0.05, 0) is 192 Å². The van der Waals surface area contributed by atoms with Crippen LogP contribution in [0.1, 0.15) is 77.0 Å². The van der Waals surface area contributed by atoms with Crippen LogP contribution in [0.5, 0.6) is 5.88 Å². The highest BCUT2D eigenvalue weighted by atomic mass is 19.4. The quantitative estimate of drug-likeness (QED) is 0.0396. The second kappa shape index (κ2) is 33.7. The normalized spacial score (nSPS) is 27.8. The highest BCUT2D eigenvalue weighted by molar-refractivity contribution is 5.90. The van der Waals surface area contributed by atoms with Crippen molar-refractivity contribution in [1.82, 2.24) is 99.8 Å². The first-order valence-electron chi connectivity index (χ1n) is 42.4. The van der Waals surface area contributed by atoms with Gasteiger partial charge in [0.25, 0.3) is 0 Å². The number of hydrogen-bond acceptors (Lipinski definition) is 24. The van der Waals surface area contributed by atoms with Gasteiger partial charge in [-0.3, -0.25) is 9.80 Å². The Morgan fingerprint density at radius 3 is 1.05 bits per heavy atom. The molecule has 11 fully saturated rings. The molecule has 11 aromatic rings. The van der Waals surface area contributed by atoms with Crippen molar-refractivity contribution in [3.63, 3.8) is 0 Å². The van der Waals surface area contributed by atoms with E-state index in [2.05, 4.69) is 177 Å². The molecule has 8 N–H and O–H groups in total. The minimum Gasteiger partial charge on any atom is -0.481 e. The van der Waals surface area contributed by atoms with E-state index in [1.807, 2.05) is 62.3 Å². The number of pyridine rings is 1. The number of rotatable bonds is 18. The Hall–Kier alpha value is -9.60. The van der Waals surface area contributed by atoms with E-state index in [0.717, 1.165) is 172 Å². The van der Waals surface area contributed by atoms with Gasteiger partial charge in [-0.1, -0.05) is 6.07 Å². The zero-order chi connectivity index (χ0) is 80.2. The SMILES string of the molecule is CN(c1ncnc2[nH]ccc12)C1C[C@@H]2CN(C(CO)CO)C[C@@H]2C1.CN(c1ncnc2[nH]ccc12)C1C[C@@H]2CN(CC(F)(F)F)C[C@@H]2C1.CN(c1ncnc2[nH]ccc12)C1C[C@@H]2CN(CC3CC3)C[C@@H]2C1.CN(c1ncnc2[nH]ccc12)C1C[C@H]2CNC[C@H]2C1.COc1cccc(N2C[C@H]3CC(N(C)c4ncnc5[nH]ccc45)C[C@H]3C2)n1. The molecule has 6 aliphatic carbocycles. The smallest absolute Gasteiger partial charge is 0.401 e. The number of aromatic amines is 5. The molecule has 29 nitrogen and oxygen atoms in total. The number of likely N-dealkylation sites (tertiary alicyclic amines) is 3. The van der Waals surface area contributed by atoms with Crippen LogP contribution in [-0.4, -0.2) is 281 Å². The van der Waals surface area contributed by atoms with Crippen LogP contribution >= 0.6 is 0 Å². The number of anilines is 6. The third-order valence-electron chi connectivity index (χ3n) is 28.6. The minimum absolute atomic E-state index is 0.0334. The van der Waals surface area contributed by atoms with Gasteiger partial charge in [-0.25, -0.2) is 49.8 Å². The minimum atomic E-state index is -4.10. The topological polar surface area (TPSA) is 312 Å². The lowest BCUT2D eigenvalue weighted by molar-refractivity contribution is -0.144. The fraction of sp³-hybridized carbons (Fsp3) is 0.588. The Labute approximate surface area is 679 Å². The molecule has 11 aliphatic rings. The second-order valence-electron chi connectivity index (χ2n) is 35.5. The van der Waals surface area contributed by atoms with E-state index < -0.39 is 12.7 Å². The molecule has 5 aliphatic heterocycles. The summed E-state index contributed by atoms with van der Waals surface area (Å²) in [5.41, 5.74) is 4.46. The van der Waals surface area contributed by atoms with Crippen molar-refractivity contribution in [3.05, 3.63) is 111 Å². The van der Waals surface area contributed by atoms with Crippen molar-refractivity contribution in [2.45, 2.75) is 119 Å². The van der Waals surface area contributed by atoms with E-state index in [9.17, 15) is 23.4 Å². The molecule has 16 heterocycles. The third kappa shape index (κ3) is 16.6. The van der Waals surface area contributed by atoms with Crippen LogP contribution in [-0.2, 0) is 0 Å². The van der Waals surface area contributed by atoms with Crippen LogP contribution in [0.15, 0.2) is 111 Å². The van der Waals surface area contributed by atoms with Gasteiger partial charge in [-0.15, -0.1) is 0 Å². The summed E-state index contributed by atoms with van der Waals surface area (Å²) in [4.78, 5) is 84.8. The maximum atomic E-state index is 12.6. The van der Waals surface area contributed by atoms with Gasteiger partial charge in [-0.2, -0.15) is 18.2 Å². The van der Waals surface area contributed by atoms with E-state index in [1.54, 1.807) is 43.6 Å². The van der Waals surface area contributed by atoms with Gasteiger partial charge in [0.05, 0.1) is 59.8 Å². The number of aromatic nitrogens is 16. The molecule has 117 heavy (non-hydrogen) atoms. The number of hydrogen-bond donors (Lipinski definition) is 8. The second-order valence-corrected chi connectivity index (χ2v) is 35.5. The highest BCUT2D eigenvalue weighted by Gasteiger charge is 2.49. The van der Waals surface area contributed by atoms with Crippen LogP contribution in [0, 0.1) is 65.1 Å². The summed E-state index contributed by atoms with van der Waals surface area (Å²) >= 11 is 0. The highest BCUT2D eigenvalue weighted by Crippen LogP contribution is 2.48. The third-order valence-corrected chi connectivity index (χ3v) is 28.6. The summed E-state index contributed by atoms with van der Waals surface area (Å²) in [6.07, 6.45) is 28.3. The van der Waals surface area contributed by atoms with Gasteiger partial charge in [0, 0.05) is 161 Å². The van der Waals surface area contributed by atoms with Gasteiger partial charge in [0.2, 0.25) is 5.88 Å². The van der Waals surface area contributed by atoms with E-state index in [4.69, 9.17) is 4.74 Å². The largest absolute Gasteiger partial charge is 0.481 e. The lowest BCUT2D eigenvalue weighted by Crippen LogP contribution is -2.40. The summed E-state index contributed by atoms with van der Waals surface area (Å²) in [6.45, 7) is 10.9. The summed E-state index contributed by atoms with van der Waals surface area (Å²) < 4.78 is 43.0. The van der Waals surface area contributed by atoms with Crippen LogP contribution in [0.3, 0.4) is 0 Å². The Morgan fingerprint density at radius 2 is 0.735 bits per heavy atom. The molecule has 0 spiro atoms. The molecule has 0 amide bonds. The fourth-order valence-electron chi connectivity index (χ4n) is 22.2. The zero-order valence-electron chi connectivity index (χ0n) is 68.0. The number of nitrogens with one attached hydrogen (secondary N) is 6. The molecule has 15 atom stereocenters. The molecule has 22 rings (SSSR count). The number of fused-ring (bicyclic) bond motifs is 10. The van der Waals surface area contributed by atoms with Crippen molar-refractivity contribution in [2.75, 3.05) is 163 Å². The number of H-pyrrole nitrogens is 5. The Kier molecular flexibility index (Phi) is 22.6. The van der Waals surface area contributed by atoms with E-state index in [0.29, 0.717) is 84.7 Å². The van der Waals surface area contributed by atoms with Gasteiger partial charge in [0.15, 0.2) is 0 Å². The summed E-state index contributed by atoms with van der Waals surface area (Å²) in [5, 5.41) is 27.7. The molecule has 6 saturated carbocycles. The predicted octanol–water partition coefficient (Wildman–Crippen LogP) is 9.74. The number of ether oxygens (including phenoxy) is 1.